The SMILES string of the molecule is NCC1CCCn2c(-c3ccccc3)nnc21. The van der Waals surface area contributed by atoms with E-state index in [1.165, 1.54) is 0 Å². The lowest BCUT2D eigenvalue weighted by Gasteiger charge is -2.22. The van der Waals surface area contributed by atoms with Crippen molar-refractivity contribution in [2.24, 2.45) is 5.73 Å². The number of benzene rings is 1. The van der Waals surface area contributed by atoms with Crippen LogP contribution in [0.1, 0.15) is 24.6 Å². The van der Waals surface area contributed by atoms with E-state index < -0.39 is 0 Å². The van der Waals surface area contributed by atoms with Gasteiger partial charge in [-0.3, -0.25) is 0 Å². The second-order valence-electron chi connectivity index (χ2n) is 4.47. The van der Waals surface area contributed by atoms with Gasteiger partial charge in [0.1, 0.15) is 5.82 Å². The lowest BCUT2D eigenvalue weighted by molar-refractivity contribution is 0.450. The molecule has 0 aliphatic carbocycles. The molecular weight excluding hydrogens is 212 g/mol. The van der Waals surface area contributed by atoms with Crippen molar-refractivity contribution in [2.45, 2.75) is 25.3 Å². The first-order valence-corrected chi connectivity index (χ1v) is 6.08. The summed E-state index contributed by atoms with van der Waals surface area (Å²) in [6.07, 6.45) is 2.29. The molecule has 4 nitrogen and oxygen atoms in total. The van der Waals surface area contributed by atoms with Crippen molar-refractivity contribution in [3.63, 3.8) is 0 Å². The van der Waals surface area contributed by atoms with Gasteiger partial charge >= 0.3 is 0 Å². The van der Waals surface area contributed by atoms with Gasteiger partial charge in [0, 0.05) is 24.6 Å². The molecule has 0 radical (unpaired) electrons. The van der Waals surface area contributed by atoms with Crippen molar-refractivity contribution >= 4 is 0 Å². The Labute approximate surface area is 100 Å². The Morgan fingerprint density at radius 2 is 2.06 bits per heavy atom. The number of hydrogen-bond acceptors (Lipinski definition) is 3. The molecule has 1 aliphatic rings. The van der Waals surface area contributed by atoms with E-state index in [1.54, 1.807) is 0 Å². The van der Waals surface area contributed by atoms with Crippen molar-refractivity contribution in [2.75, 3.05) is 6.54 Å². The Morgan fingerprint density at radius 1 is 1.24 bits per heavy atom. The zero-order valence-corrected chi connectivity index (χ0v) is 9.71. The zero-order valence-electron chi connectivity index (χ0n) is 9.71. The van der Waals surface area contributed by atoms with E-state index >= 15 is 0 Å². The zero-order chi connectivity index (χ0) is 11.7. The van der Waals surface area contributed by atoms with Gasteiger partial charge in [-0.25, -0.2) is 0 Å². The van der Waals surface area contributed by atoms with Gasteiger partial charge in [-0.1, -0.05) is 30.3 Å². The van der Waals surface area contributed by atoms with Crippen LogP contribution in [0.4, 0.5) is 0 Å². The monoisotopic (exact) mass is 228 g/mol. The number of fused-ring (bicyclic) bond motifs is 1. The van der Waals surface area contributed by atoms with E-state index in [0.29, 0.717) is 12.5 Å². The predicted molar refractivity (Wildman–Crippen MR) is 66.5 cm³/mol. The first-order valence-electron chi connectivity index (χ1n) is 6.08. The Balaban J connectivity index is 2.06. The highest BCUT2D eigenvalue weighted by atomic mass is 15.3. The minimum absolute atomic E-state index is 0.369. The van der Waals surface area contributed by atoms with Gasteiger partial charge in [-0.05, 0) is 12.8 Å². The van der Waals surface area contributed by atoms with Gasteiger partial charge < -0.3 is 10.3 Å². The molecule has 0 fully saturated rings. The fourth-order valence-electron chi connectivity index (χ4n) is 2.49. The highest BCUT2D eigenvalue weighted by molar-refractivity contribution is 5.55. The largest absolute Gasteiger partial charge is 0.330 e. The Morgan fingerprint density at radius 3 is 2.82 bits per heavy atom. The van der Waals surface area contributed by atoms with Crippen molar-refractivity contribution < 1.29 is 0 Å². The third-order valence-electron chi connectivity index (χ3n) is 3.40. The van der Waals surface area contributed by atoms with E-state index in [-0.39, 0.29) is 0 Å². The van der Waals surface area contributed by atoms with Gasteiger partial charge in [0.15, 0.2) is 5.82 Å². The van der Waals surface area contributed by atoms with Crippen molar-refractivity contribution in [1.82, 2.24) is 14.8 Å². The highest BCUT2D eigenvalue weighted by Crippen LogP contribution is 2.29. The maximum atomic E-state index is 5.78. The second kappa shape index (κ2) is 4.30. The van der Waals surface area contributed by atoms with Gasteiger partial charge in [-0.2, -0.15) is 0 Å². The van der Waals surface area contributed by atoms with Crippen LogP contribution in [0.25, 0.3) is 11.4 Å². The number of nitrogens with zero attached hydrogens (tertiary/aromatic N) is 3. The molecule has 0 saturated carbocycles. The standard InChI is InChI=1S/C13H16N4/c14-9-11-7-4-8-17-12(15-16-13(11)17)10-5-2-1-3-6-10/h1-3,5-6,11H,4,7-9,14H2. The maximum Gasteiger partial charge on any atom is 0.163 e. The molecule has 0 amide bonds. The third kappa shape index (κ3) is 1.74. The molecule has 0 bridgehead atoms. The van der Waals surface area contributed by atoms with Crippen LogP contribution < -0.4 is 5.73 Å². The average Bonchev–Trinajstić information content (AvgIpc) is 2.83. The van der Waals surface area contributed by atoms with Crippen LogP contribution >= 0.6 is 0 Å². The smallest absolute Gasteiger partial charge is 0.163 e. The minimum atomic E-state index is 0.369. The third-order valence-corrected chi connectivity index (χ3v) is 3.40. The van der Waals surface area contributed by atoms with Crippen LogP contribution in [0, 0.1) is 0 Å². The summed E-state index contributed by atoms with van der Waals surface area (Å²) in [6.45, 7) is 1.66. The quantitative estimate of drug-likeness (QED) is 0.852. The Bertz CT molecular complexity index is 503. The number of rotatable bonds is 2. The summed E-state index contributed by atoms with van der Waals surface area (Å²) in [6, 6.07) is 10.2. The molecule has 2 heterocycles. The highest BCUT2D eigenvalue weighted by Gasteiger charge is 2.24. The number of hydrogen-bond donors (Lipinski definition) is 1. The van der Waals surface area contributed by atoms with Crippen LogP contribution in [0.15, 0.2) is 30.3 Å². The topological polar surface area (TPSA) is 56.7 Å². The number of nitrogens with two attached hydrogens (primary N) is 1. The molecular formula is C13H16N4. The van der Waals surface area contributed by atoms with Crippen LogP contribution in [-0.2, 0) is 6.54 Å². The molecule has 2 N–H and O–H groups in total. The average molecular weight is 228 g/mol. The second-order valence-corrected chi connectivity index (χ2v) is 4.47. The van der Waals surface area contributed by atoms with E-state index in [0.717, 1.165) is 36.6 Å². The molecule has 1 aromatic carbocycles. The van der Waals surface area contributed by atoms with E-state index in [2.05, 4.69) is 26.9 Å². The first-order chi connectivity index (χ1) is 8.40. The molecule has 1 unspecified atom stereocenters. The van der Waals surface area contributed by atoms with Crippen molar-refractivity contribution in [3.8, 4) is 11.4 Å². The molecule has 3 rings (SSSR count). The summed E-state index contributed by atoms with van der Waals surface area (Å²) < 4.78 is 2.22. The summed E-state index contributed by atoms with van der Waals surface area (Å²) in [7, 11) is 0. The fourth-order valence-corrected chi connectivity index (χ4v) is 2.49. The summed E-state index contributed by atoms with van der Waals surface area (Å²) in [5, 5.41) is 8.64. The fraction of sp³-hybridized carbons (Fsp3) is 0.385. The minimum Gasteiger partial charge on any atom is -0.330 e. The van der Waals surface area contributed by atoms with Gasteiger partial charge in [0.2, 0.25) is 0 Å². The van der Waals surface area contributed by atoms with Gasteiger partial charge in [0.25, 0.3) is 0 Å². The van der Waals surface area contributed by atoms with E-state index in [4.69, 9.17) is 5.73 Å². The molecule has 0 saturated heterocycles. The summed E-state index contributed by atoms with van der Waals surface area (Å²) in [5.74, 6) is 2.39. The van der Waals surface area contributed by atoms with Gasteiger partial charge in [-0.15, -0.1) is 10.2 Å². The molecule has 17 heavy (non-hydrogen) atoms. The number of aromatic nitrogens is 3. The molecule has 1 aliphatic heterocycles. The molecule has 2 aromatic rings. The van der Waals surface area contributed by atoms with Crippen LogP contribution in [-0.4, -0.2) is 21.3 Å². The Kier molecular flexibility index (Phi) is 2.65. The normalized spacial score (nSPS) is 19.0. The summed E-state index contributed by atoms with van der Waals surface area (Å²) >= 11 is 0. The molecule has 1 atom stereocenters. The van der Waals surface area contributed by atoms with Crippen LogP contribution in [0.2, 0.25) is 0 Å². The molecule has 4 heteroatoms. The van der Waals surface area contributed by atoms with Crippen molar-refractivity contribution in [3.05, 3.63) is 36.2 Å². The van der Waals surface area contributed by atoms with Crippen LogP contribution in [0.5, 0.6) is 0 Å². The molecule has 0 spiro atoms. The maximum absolute atomic E-state index is 5.78. The molecule has 1 aromatic heterocycles. The van der Waals surface area contributed by atoms with E-state index in [9.17, 15) is 0 Å². The van der Waals surface area contributed by atoms with E-state index in [1.807, 2.05) is 18.2 Å². The summed E-state index contributed by atoms with van der Waals surface area (Å²) in [4.78, 5) is 0. The first kappa shape index (κ1) is 10.5. The van der Waals surface area contributed by atoms with Gasteiger partial charge in [0.05, 0.1) is 0 Å². The Hall–Kier alpha value is -1.68. The van der Waals surface area contributed by atoms with Crippen LogP contribution in [0.3, 0.4) is 0 Å². The summed E-state index contributed by atoms with van der Waals surface area (Å²) in [5.41, 5.74) is 6.91. The lowest BCUT2D eigenvalue weighted by atomic mass is 9.99. The van der Waals surface area contributed by atoms with Crippen molar-refractivity contribution in [1.29, 1.82) is 0 Å². The lowest BCUT2D eigenvalue weighted by Crippen LogP contribution is -2.22. The molecule has 88 valence electrons. The predicted octanol–water partition coefficient (Wildman–Crippen LogP) is 1.78.